The number of nitrogens with two attached hydrogens (primary N) is 1. The van der Waals surface area contributed by atoms with E-state index in [1.165, 1.54) is 0 Å². The first-order valence-electron chi connectivity index (χ1n) is 11.9. The number of hydrogen-bond acceptors (Lipinski definition) is 7. The zero-order valence-corrected chi connectivity index (χ0v) is 21.3. The van der Waals surface area contributed by atoms with Crippen LogP contribution in [0, 0.1) is 0 Å². The van der Waals surface area contributed by atoms with Crippen molar-refractivity contribution in [3.63, 3.8) is 0 Å². The van der Waals surface area contributed by atoms with Crippen molar-refractivity contribution in [2.45, 2.75) is 28.2 Å². The molecule has 7 nitrogen and oxygen atoms in total. The van der Waals surface area contributed by atoms with Crippen molar-refractivity contribution in [2.75, 3.05) is 53.2 Å². The molecule has 0 amide bonds. The zero-order chi connectivity index (χ0) is 25.2. The maximum atomic E-state index is 6.04. The molecule has 8 heteroatoms. The Morgan fingerprint density at radius 1 is 0.806 bits per heavy atom. The summed E-state index contributed by atoms with van der Waals surface area (Å²) in [7, 11) is 0. The van der Waals surface area contributed by atoms with Gasteiger partial charge in [0.25, 0.3) is 0 Å². The van der Waals surface area contributed by atoms with E-state index in [1.807, 2.05) is 68.5 Å². The van der Waals surface area contributed by atoms with E-state index >= 15 is 0 Å². The molecule has 36 heavy (non-hydrogen) atoms. The first kappa shape index (κ1) is 28.5. The van der Waals surface area contributed by atoms with E-state index in [4.69, 9.17) is 17.3 Å². The number of pyridine rings is 2. The van der Waals surface area contributed by atoms with Crippen LogP contribution in [0.2, 0.25) is 5.02 Å². The molecule has 192 valence electrons. The molecule has 0 saturated heterocycles. The summed E-state index contributed by atoms with van der Waals surface area (Å²) in [4.78, 5) is 9.05. The fourth-order valence-corrected chi connectivity index (χ4v) is 3.81. The van der Waals surface area contributed by atoms with Gasteiger partial charge in [-0.1, -0.05) is 25.1 Å². The SMILES string of the molecule is C.C=CCNc1cc(NCC)nc2ccc(Cl)cc12.CCNc1ccc2nc(NCC)cc(N)c2c1. The van der Waals surface area contributed by atoms with Gasteiger partial charge >= 0.3 is 0 Å². The number of benzene rings is 2. The average molecular weight is 508 g/mol. The number of aromatic nitrogens is 2. The summed E-state index contributed by atoms with van der Waals surface area (Å²) in [5, 5.41) is 15.7. The smallest absolute Gasteiger partial charge is 0.128 e. The molecule has 4 rings (SSSR count). The Hall–Kier alpha value is -3.71. The number of nitrogens with zero attached hydrogens (tertiary/aromatic N) is 2. The fraction of sp³-hybridized carbons (Fsp3) is 0.286. The molecule has 0 aliphatic carbocycles. The first-order valence-corrected chi connectivity index (χ1v) is 12.2. The molecule has 0 spiro atoms. The summed E-state index contributed by atoms with van der Waals surface area (Å²) in [5.41, 5.74) is 10.7. The minimum atomic E-state index is 0. The quantitative estimate of drug-likeness (QED) is 0.152. The third-order valence-corrected chi connectivity index (χ3v) is 5.38. The average Bonchev–Trinajstić information content (AvgIpc) is 2.84. The molecule has 2 heterocycles. The topological polar surface area (TPSA) is 99.9 Å². The largest absolute Gasteiger partial charge is 0.398 e. The number of anilines is 5. The van der Waals surface area contributed by atoms with Gasteiger partial charge in [-0.3, -0.25) is 0 Å². The minimum Gasteiger partial charge on any atom is -0.398 e. The third-order valence-electron chi connectivity index (χ3n) is 5.14. The van der Waals surface area contributed by atoms with Crippen LogP contribution < -0.4 is 27.0 Å². The van der Waals surface area contributed by atoms with Crippen molar-refractivity contribution in [1.82, 2.24) is 9.97 Å². The number of nitrogen functional groups attached to an aromatic ring is 1. The molecular formula is C28H38ClN7. The van der Waals surface area contributed by atoms with Crippen LogP contribution in [0.25, 0.3) is 21.8 Å². The van der Waals surface area contributed by atoms with Gasteiger partial charge in [0.15, 0.2) is 0 Å². The standard InChI is InChI=1S/C14H16ClN3.C13H18N4.CH4/c1-3-7-17-13-9-14(16-4-2)18-12-6-5-10(15)8-11(12)13;1-3-15-9-5-6-12-10(7-9)11(14)8-13(17-12)16-4-2;/h3,5-6,8-9H,1,4,7H2,2H3,(H2,16,17,18);5-8,15H,3-4H2,1-2H3,(H3,14,16,17);1H4. The highest BCUT2D eigenvalue weighted by atomic mass is 35.5. The van der Waals surface area contributed by atoms with E-state index in [9.17, 15) is 0 Å². The maximum Gasteiger partial charge on any atom is 0.128 e. The predicted molar refractivity (Wildman–Crippen MR) is 161 cm³/mol. The highest BCUT2D eigenvalue weighted by molar-refractivity contribution is 6.31. The van der Waals surface area contributed by atoms with Crippen molar-refractivity contribution >= 4 is 62.1 Å². The third kappa shape index (κ3) is 7.39. The van der Waals surface area contributed by atoms with E-state index < -0.39 is 0 Å². The van der Waals surface area contributed by atoms with Crippen LogP contribution in [0.1, 0.15) is 28.2 Å². The number of nitrogens with one attached hydrogen (secondary N) is 4. The first-order chi connectivity index (χ1) is 17.0. The molecule has 0 bridgehead atoms. The summed E-state index contributed by atoms with van der Waals surface area (Å²) in [6.07, 6.45) is 1.82. The van der Waals surface area contributed by atoms with Crippen LogP contribution in [0.4, 0.5) is 28.7 Å². The highest BCUT2D eigenvalue weighted by Crippen LogP contribution is 2.28. The lowest BCUT2D eigenvalue weighted by Gasteiger charge is -2.11. The van der Waals surface area contributed by atoms with E-state index in [-0.39, 0.29) is 7.43 Å². The lowest BCUT2D eigenvalue weighted by molar-refractivity contribution is 1.17. The summed E-state index contributed by atoms with van der Waals surface area (Å²) in [5.74, 6) is 1.69. The van der Waals surface area contributed by atoms with Gasteiger partial charge in [-0.05, 0) is 57.2 Å². The molecule has 0 aliphatic heterocycles. The van der Waals surface area contributed by atoms with Gasteiger partial charge in [0, 0.05) is 71.2 Å². The molecular weight excluding hydrogens is 470 g/mol. The molecule has 4 aromatic rings. The summed E-state index contributed by atoms with van der Waals surface area (Å²) < 4.78 is 0. The molecule has 2 aromatic heterocycles. The lowest BCUT2D eigenvalue weighted by Crippen LogP contribution is -2.03. The van der Waals surface area contributed by atoms with Crippen molar-refractivity contribution in [1.29, 1.82) is 0 Å². The molecule has 0 fully saturated rings. The second-order valence-corrected chi connectivity index (χ2v) is 8.24. The van der Waals surface area contributed by atoms with Crippen molar-refractivity contribution < 1.29 is 0 Å². The molecule has 2 aromatic carbocycles. The number of halogens is 1. The number of rotatable bonds is 9. The van der Waals surface area contributed by atoms with Crippen LogP contribution in [0.5, 0.6) is 0 Å². The summed E-state index contributed by atoms with van der Waals surface area (Å²) in [6.45, 7) is 13.1. The number of hydrogen-bond donors (Lipinski definition) is 5. The molecule has 0 atom stereocenters. The molecule has 0 aliphatic rings. The van der Waals surface area contributed by atoms with Gasteiger partial charge in [-0.15, -0.1) is 6.58 Å². The monoisotopic (exact) mass is 507 g/mol. The van der Waals surface area contributed by atoms with Crippen LogP contribution in [-0.2, 0) is 0 Å². The zero-order valence-electron chi connectivity index (χ0n) is 20.6. The molecule has 0 unspecified atom stereocenters. The normalized spacial score (nSPS) is 10.1. The molecule has 0 saturated carbocycles. The van der Waals surface area contributed by atoms with Crippen molar-refractivity contribution in [2.24, 2.45) is 0 Å². The van der Waals surface area contributed by atoms with Crippen LogP contribution in [-0.4, -0.2) is 36.1 Å². The molecule has 6 N–H and O–H groups in total. The van der Waals surface area contributed by atoms with Crippen LogP contribution in [0.3, 0.4) is 0 Å². The predicted octanol–water partition coefficient (Wildman–Crippen LogP) is 7.23. The minimum absolute atomic E-state index is 0. The van der Waals surface area contributed by atoms with Gasteiger partial charge < -0.3 is 27.0 Å². The van der Waals surface area contributed by atoms with E-state index in [0.717, 1.165) is 70.1 Å². The summed E-state index contributed by atoms with van der Waals surface area (Å²) in [6, 6.07) is 15.6. The Morgan fingerprint density at radius 2 is 1.42 bits per heavy atom. The second-order valence-electron chi connectivity index (χ2n) is 7.81. The Bertz CT molecular complexity index is 1290. The van der Waals surface area contributed by atoms with Crippen molar-refractivity contribution in [3.05, 3.63) is 66.2 Å². The van der Waals surface area contributed by atoms with Crippen molar-refractivity contribution in [3.8, 4) is 0 Å². The van der Waals surface area contributed by atoms with Gasteiger partial charge in [0.05, 0.1) is 11.0 Å². The fourth-order valence-electron chi connectivity index (χ4n) is 3.64. The van der Waals surface area contributed by atoms with Crippen LogP contribution in [0.15, 0.2) is 61.2 Å². The lowest BCUT2D eigenvalue weighted by atomic mass is 10.1. The second kappa shape index (κ2) is 14.0. The Labute approximate surface area is 219 Å². The van der Waals surface area contributed by atoms with E-state index in [2.05, 4.69) is 44.7 Å². The maximum absolute atomic E-state index is 6.04. The van der Waals surface area contributed by atoms with Gasteiger partial charge in [0.1, 0.15) is 11.6 Å². The Balaban J connectivity index is 0.000000247. The van der Waals surface area contributed by atoms with E-state index in [1.54, 1.807) is 0 Å². The highest BCUT2D eigenvalue weighted by Gasteiger charge is 2.06. The Morgan fingerprint density at radius 3 is 2.06 bits per heavy atom. The van der Waals surface area contributed by atoms with Gasteiger partial charge in [-0.2, -0.15) is 0 Å². The van der Waals surface area contributed by atoms with Crippen LogP contribution >= 0.6 is 11.6 Å². The molecule has 0 radical (unpaired) electrons. The Kier molecular flexibility index (Phi) is 11.1. The van der Waals surface area contributed by atoms with Gasteiger partial charge in [-0.25, -0.2) is 9.97 Å². The van der Waals surface area contributed by atoms with Gasteiger partial charge in [0.2, 0.25) is 0 Å². The summed E-state index contributed by atoms with van der Waals surface area (Å²) >= 11 is 6.03. The number of fused-ring (bicyclic) bond motifs is 2. The van der Waals surface area contributed by atoms with E-state index in [0.29, 0.717) is 11.6 Å².